The second kappa shape index (κ2) is 5.01. The van der Waals surface area contributed by atoms with Crippen LogP contribution in [0, 0.1) is 11.6 Å². The first-order chi connectivity index (χ1) is 8.18. The molecule has 0 radical (unpaired) electrons. The van der Waals surface area contributed by atoms with E-state index in [1.807, 2.05) is 0 Å². The van der Waals surface area contributed by atoms with Gasteiger partial charge in [0, 0.05) is 18.3 Å². The van der Waals surface area contributed by atoms with Crippen LogP contribution in [0.25, 0.3) is 0 Å². The zero-order valence-corrected chi connectivity index (χ0v) is 8.98. The molecule has 0 spiro atoms. The number of rotatable bonds is 3. The van der Waals surface area contributed by atoms with E-state index >= 15 is 0 Å². The van der Waals surface area contributed by atoms with Gasteiger partial charge in [0.25, 0.3) is 0 Å². The van der Waals surface area contributed by atoms with Crippen molar-refractivity contribution in [2.24, 2.45) is 0 Å². The maximum absolute atomic E-state index is 13.4. The van der Waals surface area contributed by atoms with E-state index in [0.29, 0.717) is 5.69 Å². The Kier molecular flexibility index (Phi) is 3.44. The topological polar surface area (TPSA) is 33.1 Å². The largest absolute Gasteiger partial charge is 0.388 e. The van der Waals surface area contributed by atoms with Crippen molar-refractivity contribution in [3.63, 3.8) is 0 Å². The van der Waals surface area contributed by atoms with E-state index in [1.165, 1.54) is 6.07 Å². The van der Waals surface area contributed by atoms with Gasteiger partial charge in [-0.05, 0) is 24.3 Å². The van der Waals surface area contributed by atoms with Gasteiger partial charge in [0.2, 0.25) is 0 Å². The summed E-state index contributed by atoms with van der Waals surface area (Å²) in [7, 11) is 0. The lowest BCUT2D eigenvalue weighted by atomic mass is 10.0. The Bertz CT molecular complexity index is 482. The lowest BCUT2D eigenvalue weighted by Crippen LogP contribution is -2.08. The number of aliphatic hydroxyl groups is 1. The van der Waals surface area contributed by atoms with Crippen molar-refractivity contribution in [1.82, 2.24) is 4.98 Å². The SMILES string of the molecule is OC(Cc1ccccn1)c1c(F)cccc1F. The molecule has 2 aromatic rings. The quantitative estimate of drug-likeness (QED) is 0.887. The summed E-state index contributed by atoms with van der Waals surface area (Å²) in [5.41, 5.74) is 0.279. The van der Waals surface area contributed by atoms with Crippen molar-refractivity contribution in [2.45, 2.75) is 12.5 Å². The van der Waals surface area contributed by atoms with Gasteiger partial charge in [-0.15, -0.1) is 0 Å². The van der Waals surface area contributed by atoms with Gasteiger partial charge in [0.1, 0.15) is 11.6 Å². The van der Waals surface area contributed by atoms with Crippen molar-refractivity contribution in [1.29, 1.82) is 0 Å². The molecule has 1 aromatic heterocycles. The van der Waals surface area contributed by atoms with Crippen LogP contribution >= 0.6 is 0 Å². The zero-order valence-electron chi connectivity index (χ0n) is 8.98. The molecule has 0 aliphatic heterocycles. The van der Waals surface area contributed by atoms with Crippen LogP contribution in [0.3, 0.4) is 0 Å². The van der Waals surface area contributed by atoms with Gasteiger partial charge in [-0.3, -0.25) is 4.98 Å². The Morgan fingerprint density at radius 1 is 1.06 bits per heavy atom. The van der Waals surface area contributed by atoms with Crippen LogP contribution < -0.4 is 0 Å². The van der Waals surface area contributed by atoms with Crippen LogP contribution in [0.15, 0.2) is 42.6 Å². The number of halogens is 2. The minimum atomic E-state index is -1.23. The second-order valence-electron chi connectivity index (χ2n) is 3.68. The van der Waals surface area contributed by atoms with Crippen LogP contribution in [-0.2, 0) is 6.42 Å². The first-order valence-corrected chi connectivity index (χ1v) is 5.20. The molecule has 0 bridgehead atoms. The molecular weight excluding hydrogens is 224 g/mol. The number of hydrogen-bond acceptors (Lipinski definition) is 2. The summed E-state index contributed by atoms with van der Waals surface area (Å²) in [6.07, 6.45) is 0.421. The molecule has 1 unspecified atom stereocenters. The fourth-order valence-corrected chi connectivity index (χ4v) is 1.65. The highest BCUT2D eigenvalue weighted by Crippen LogP contribution is 2.23. The fraction of sp³-hybridized carbons (Fsp3) is 0.154. The predicted molar refractivity (Wildman–Crippen MR) is 59.3 cm³/mol. The standard InChI is InChI=1S/C13H11F2NO/c14-10-5-3-6-11(15)13(10)12(17)8-9-4-1-2-7-16-9/h1-7,12,17H,8H2. The lowest BCUT2D eigenvalue weighted by Gasteiger charge is -2.12. The molecule has 1 heterocycles. The normalized spacial score (nSPS) is 12.4. The van der Waals surface area contributed by atoms with E-state index in [1.54, 1.807) is 24.4 Å². The van der Waals surface area contributed by atoms with Crippen LogP contribution in [0.5, 0.6) is 0 Å². The van der Waals surface area contributed by atoms with Crippen LogP contribution in [0.4, 0.5) is 8.78 Å². The third kappa shape index (κ3) is 2.65. The van der Waals surface area contributed by atoms with Gasteiger partial charge in [-0.2, -0.15) is 0 Å². The molecule has 1 N–H and O–H groups in total. The number of aliphatic hydroxyl groups excluding tert-OH is 1. The Labute approximate surface area is 97.6 Å². The number of pyridine rings is 1. The van der Waals surface area contributed by atoms with E-state index < -0.39 is 17.7 Å². The van der Waals surface area contributed by atoms with Crippen LogP contribution in [0.1, 0.15) is 17.4 Å². The summed E-state index contributed by atoms with van der Waals surface area (Å²) in [5.74, 6) is -1.48. The summed E-state index contributed by atoms with van der Waals surface area (Å²) in [4.78, 5) is 4.00. The summed E-state index contributed by atoms with van der Waals surface area (Å²) < 4.78 is 26.8. The number of nitrogens with zero attached hydrogens (tertiary/aromatic N) is 1. The van der Waals surface area contributed by atoms with E-state index in [4.69, 9.17) is 0 Å². The Balaban J connectivity index is 2.23. The summed E-state index contributed by atoms with van der Waals surface area (Å²) in [5, 5.41) is 9.82. The summed E-state index contributed by atoms with van der Waals surface area (Å²) in [6, 6.07) is 8.70. The van der Waals surface area contributed by atoms with Crippen LogP contribution in [-0.4, -0.2) is 10.1 Å². The maximum Gasteiger partial charge on any atom is 0.131 e. The number of hydrogen-bond donors (Lipinski definition) is 1. The molecule has 0 fully saturated rings. The Hall–Kier alpha value is -1.81. The maximum atomic E-state index is 13.4. The van der Waals surface area contributed by atoms with E-state index in [0.717, 1.165) is 12.1 Å². The van der Waals surface area contributed by atoms with Gasteiger partial charge in [-0.25, -0.2) is 8.78 Å². The average molecular weight is 235 g/mol. The third-order valence-corrected chi connectivity index (χ3v) is 2.46. The smallest absolute Gasteiger partial charge is 0.131 e. The van der Waals surface area contributed by atoms with Crippen molar-refractivity contribution < 1.29 is 13.9 Å². The average Bonchev–Trinajstić information content (AvgIpc) is 2.30. The van der Waals surface area contributed by atoms with Gasteiger partial charge in [0.05, 0.1) is 11.7 Å². The number of aromatic nitrogens is 1. The van der Waals surface area contributed by atoms with Gasteiger partial charge >= 0.3 is 0 Å². The van der Waals surface area contributed by atoms with E-state index in [9.17, 15) is 13.9 Å². The molecule has 0 aliphatic rings. The predicted octanol–water partition coefficient (Wildman–Crippen LogP) is 2.64. The molecule has 0 aliphatic carbocycles. The van der Waals surface area contributed by atoms with E-state index in [2.05, 4.69) is 4.98 Å². The number of benzene rings is 1. The Morgan fingerprint density at radius 3 is 2.35 bits per heavy atom. The molecule has 2 nitrogen and oxygen atoms in total. The second-order valence-corrected chi connectivity index (χ2v) is 3.68. The Morgan fingerprint density at radius 2 is 1.76 bits per heavy atom. The van der Waals surface area contributed by atoms with Gasteiger partial charge in [0.15, 0.2) is 0 Å². The molecule has 1 atom stereocenters. The molecule has 0 saturated carbocycles. The minimum absolute atomic E-state index is 0.0820. The minimum Gasteiger partial charge on any atom is -0.388 e. The monoisotopic (exact) mass is 235 g/mol. The lowest BCUT2D eigenvalue weighted by molar-refractivity contribution is 0.167. The van der Waals surface area contributed by atoms with Crippen molar-refractivity contribution >= 4 is 0 Å². The molecule has 17 heavy (non-hydrogen) atoms. The molecule has 0 amide bonds. The molecular formula is C13H11F2NO. The highest BCUT2D eigenvalue weighted by atomic mass is 19.1. The van der Waals surface area contributed by atoms with Crippen molar-refractivity contribution in [3.05, 3.63) is 65.5 Å². The molecule has 88 valence electrons. The first kappa shape index (κ1) is 11.7. The summed E-state index contributed by atoms with van der Waals surface area (Å²) >= 11 is 0. The highest BCUT2D eigenvalue weighted by molar-refractivity contribution is 5.23. The van der Waals surface area contributed by atoms with Crippen molar-refractivity contribution in [3.8, 4) is 0 Å². The zero-order chi connectivity index (χ0) is 12.3. The molecule has 0 saturated heterocycles. The van der Waals surface area contributed by atoms with E-state index in [-0.39, 0.29) is 12.0 Å². The summed E-state index contributed by atoms with van der Waals surface area (Å²) in [6.45, 7) is 0. The van der Waals surface area contributed by atoms with Gasteiger partial charge in [-0.1, -0.05) is 12.1 Å². The van der Waals surface area contributed by atoms with Crippen molar-refractivity contribution in [2.75, 3.05) is 0 Å². The molecule has 4 heteroatoms. The molecule has 2 rings (SSSR count). The fourth-order valence-electron chi connectivity index (χ4n) is 1.65. The van der Waals surface area contributed by atoms with Gasteiger partial charge < -0.3 is 5.11 Å². The first-order valence-electron chi connectivity index (χ1n) is 5.20. The third-order valence-electron chi connectivity index (χ3n) is 2.46. The highest BCUT2D eigenvalue weighted by Gasteiger charge is 2.18. The molecule has 1 aromatic carbocycles. The van der Waals surface area contributed by atoms with Crippen LogP contribution in [0.2, 0.25) is 0 Å².